The van der Waals surface area contributed by atoms with Crippen LogP contribution < -0.4 is 0 Å². The SMILES string of the molecule is CC(C)(C)[C@@H](C(=O)O)[N+](C)(C)C(=O)OCC(F)(F)F. The number of ether oxygens (including phenoxy) is 1. The lowest BCUT2D eigenvalue weighted by molar-refractivity contribution is -0.842. The molecule has 0 aliphatic carbocycles. The van der Waals surface area contributed by atoms with Crippen molar-refractivity contribution in [3.8, 4) is 0 Å². The van der Waals surface area contributed by atoms with Gasteiger partial charge in [0.05, 0.1) is 14.1 Å². The van der Waals surface area contributed by atoms with Crippen LogP contribution in [0.4, 0.5) is 18.0 Å². The lowest BCUT2D eigenvalue weighted by Gasteiger charge is -2.38. The first-order chi connectivity index (χ1) is 8.19. The maximum atomic E-state index is 12.0. The molecule has 5 nitrogen and oxygen atoms in total. The molecule has 1 atom stereocenters. The summed E-state index contributed by atoms with van der Waals surface area (Å²) in [5.41, 5.74) is -0.827. The zero-order valence-electron chi connectivity index (χ0n) is 11.5. The van der Waals surface area contributed by atoms with Gasteiger partial charge in [0.15, 0.2) is 6.61 Å². The molecule has 0 saturated carbocycles. The van der Waals surface area contributed by atoms with Gasteiger partial charge in [0.2, 0.25) is 6.04 Å². The fraction of sp³-hybridized carbons (Fsp3) is 0.818. The van der Waals surface area contributed by atoms with Crippen molar-refractivity contribution in [2.24, 2.45) is 5.41 Å². The molecule has 0 radical (unpaired) electrons. The number of carbonyl (C=O) groups excluding carboxylic acids is 1. The van der Waals surface area contributed by atoms with Crippen LogP contribution in [0.3, 0.4) is 0 Å². The van der Waals surface area contributed by atoms with E-state index in [0.29, 0.717) is 0 Å². The van der Waals surface area contributed by atoms with Crippen molar-refractivity contribution < 1.29 is 37.1 Å². The highest BCUT2D eigenvalue weighted by Gasteiger charge is 2.50. The van der Waals surface area contributed by atoms with E-state index in [1.54, 1.807) is 20.8 Å². The summed E-state index contributed by atoms with van der Waals surface area (Å²) in [5, 5.41) is 9.18. The molecule has 0 aliphatic rings. The van der Waals surface area contributed by atoms with E-state index in [2.05, 4.69) is 4.74 Å². The number of aliphatic carboxylic acids is 1. The number of carbonyl (C=O) groups is 2. The fourth-order valence-corrected chi connectivity index (χ4v) is 2.03. The molecule has 0 aromatic carbocycles. The van der Waals surface area contributed by atoms with Gasteiger partial charge in [-0.3, -0.25) is 0 Å². The van der Waals surface area contributed by atoms with Crippen molar-refractivity contribution in [3.05, 3.63) is 0 Å². The number of hydrogen-bond acceptors (Lipinski definition) is 3. The van der Waals surface area contributed by atoms with E-state index in [1.165, 1.54) is 14.1 Å². The van der Waals surface area contributed by atoms with Crippen LogP contribution in [0.15, 0.2) is 0 Å². The second-order valence-corrected chi connectivity index (χ2v) is 5.82. The van der Waals surface area contributed by atoms with Crippen LogP contribution in [0.5, 0.6) is 0 Å². The minimum Gasteiger partial charge on any atom is -0.477 e. The Morgan fingerprint density at radius 2 is 1.63 bits per heavy atom. The number of amides is 1. The number of hydrogen-bond donors (Lipinski definition) is 1. The molecule has 0 bridgehead atoms. The molecule has 0 saturated heterocycles. The summed E-state index contributed by atoms with van der Waals surface area (Å²) in [6.07, 6.45) is -5.88. The van der Waals surface area contributed by atoms with Crippen LogP contribution in [0.1, 0.15) is 20.8 Å². The summed E-state index contributed by atoms with van der Waals surface area (Å²) in [5.74, 6) is -1.28. The van der Waals surface area contributed by atoms with Crippen LogP contribution in [-0.4, -0.2) is 54.6 Å². The number of carboxylic acids is 1. The maximum Gasteiger partial charge on any atom is 0.516 e. The molecule has 0 aliphatic heterocycles. The Bertz CT molecular complexity index is 358. The van der Waals surface area contributed by atoms with Crippen molar-refractivity contribution in [2.45, 2.75) is 33.0 Å². The van der Waals surface area contributed by atoms with Crippen LogP contribution in [0.2, 0.25) is 0 Å². The van der Waals surface area contributed by atoms with Crippen LogP contribution in [0.25, 0.3) is 0 Å². The van der Waals surface area contributed by atoms with Crippen LogP contribution in [0, 0.1) is 5.41 Å². The van der Waals surface area contributed by atoms with Gasteiger partial charge in [0.1, 0.15) is 0 Å². The zero-order chi connectivity index (χ0) is 15.6. The number of halogens is 3. The summed E-state index contributed by atoms with van der Waals surface area (Å²) >= 11 is 0. The third-order valence-corrected chi connectivity index (χ3v) is 2.53. The molecule has 8 heteroatoms. The number of quaternary nitrogens is 1. The minimum atomic E-state index is -4.64. The molecule has 0 spiro atoms. The second-order valence-electron chi connectivity index (χ2n) is 5.82. The van der Waals surface area contributed by atoms with E-state index in [4.69, 9.17) is 0 Å². The number of carboxylic acid groups (broad SMARTS) is 1. The van der Waals surface area contributed by atoms with E-state index in [0.717, 1.165) is 0 Å². The number of rotatable bonds is 3. The minimum absolute atomic E-state index is 0.824. The van der Waals surface area contributed by atoms with Crippen LogP contribution in [-0.2, 0) is 9.53 Å². The lowest BCUT2D eigenvalue weighted by Crippen LogP contribution is -2.62. The molecule has 0 unspecified atom stereocenters. The van der Waals surface area contributed by atoms with Gasteiger partial charge in [-0.05, 0) is 0 Å². The lowest BCUT2D eigenvalue weighted by atomic mass is 9.85. The van der Waals surface area contributed by atoms with Crippen molar-refractivity contribution in [1.29, 1.82) is 0 Å². The summed E-state index contributed by atoms with van der Waals surface area (Å²) in [6, 6.07) is -1.23. The summed E-state index contributed by atoms with van der Waals surface area (Å²) in [7, 11) is 2.42. The highest BCUT2D eigenvalue weighted by Crippen LogP contribution is 2.29. The molecular formula is C11H19F3NO4+. The average molecular weight is 286 g/mol. The predicted octanol–water partition coefficient (Wildman–Crippen LogP) is 2.26. The Kier molecular flexibility index (Phi) is 4.99. The molecule has 0 aromatic rings. The molecule has 1 amide bonds. The Morgan fingerprint density at radius 1 is 1.21 bits per heavy atom. The molecule has 0 heterocycles. The molecule has 19 heavy (non-hydrogen) atoms. The second kappa shape index (κ2) is 5.36. The molecule has 112 valence electrons. The Hall–Kier alpha value is -1.31. The van der Waals surface area contributed by atoms with Gasteiger partial charge in [0, 0.05) is 5.41 Å². The smallest absolute Gasteiger partial charge is 0.477 e. The van der Waals surface area contributed by atoms with Gasteiger partial charge in [0.25, 0.3) is 0 Å². The topological polar surface area (TPSA) is 63.6 Å². The van der Waals surface area contributed by atoms with E-state index in [9.17, 15) is 27.9 Å². The van der Waals surface area contributed by atoms with E-state index >= 15 is 0 Å². The van der Waals surface area contributed by atoms with Crippen molar-refractivity contribution in [1.82, 2.24) is 0 Å². The van der Waals surface area contributed by atoms with Gasteiger partial charge in [-0.1, -0.05) is 20.8 Å². The zero-order valence-corrected chi connectivity index (χ0v) is 11.5. The Labute approximate surface area is 109 Å². The van der Waals surface area contributed by atoms with E-state index in [1.807, 2.05) is 0 Å². The van der Waals surface area contributed by atoms with Crippen molar-refractivity contribution in [3.63, 3.8) is 0 Å². The monoisotopic (exact) mass is 286 g/mol. The first kappa shape index (κ1) is 17.7. The average Bonchev–Trinajstić information content (AvgIpc) is 2.08. The van der Waals surface area contributed by atoms with Crippen molar-refractivity contribution >= 4 is 12.1 Å². The first-order valence-electron chi connectivity index (χ1n) is 5.50. The largest absolute Gasteiger partial charge is 0.516 e. The van der Waals surface area contributed by atoms with E-state index < -0.39 is 40.8 Å². The molecule has 0 aromatic heterocycles. The quantitative estimate of drug-likeness (QED) is 0.808. The van der Waals surface area contributed by atoms with Gasteiger partial charge >= 0.3 is 18.2 Å². The standard InChI is InChI=1S/C11H18F3NO4/c1-10(2,3)7(8(16)17)15(4,5)9(18)19-6-11(12,13)14/h7H,6H2,1-5H3/p+1/t7-/m1/s1. The Balaban J connectivity index is 5.12. The van der Waals surface area contributed by atoms with Gasteiger partial charge in [-0.2, -0.15) is 18.0 Å². The summed E-state index contributed by atoms with van der Waals surface area (Å²) in [6.45, 7) is 3.03. The highest BCUT2D eigenvalue weighted by atomic mass is 19.4. The number of nitrogens with zero attached hydrogens (tertiary/aromatic N) is 1. The fourth-order valence-electron chi connectivity index (χ4n) is 2.03. The summed E-state index contributed by atoms with van der Waals surface area (Å²) in [4.78, 5) is 22.9. The van der Waals surface area contributed by atoms with Crippen molar-refractivity contribution in [2.75, 3.05) is 20.7 Å². The molecule has 0 rings (SSSR count). The normalized spacial score (nSPS) is 14.9. The molecular weight excluding hydrogens is 267 g/mol. The van der Waals surface area contributed by atoms with Gasteiger partial charge in [-0.25, -0.2) is 9.28 Å². The van der Waals surface area contributed by atoms with Gasteiger partial charge < -0.3 is 9.84 Å². The third-order valence-electron chi connectivity index (χ3n) is 2.53. The maximum absolute atomic E-state index is 12.0. The predicted molar refractivity (Wildman–Crippen MR) is 60.4 cm³/mol. The molecule has 0 fully saturated rings. The molecule has 1 N–H and O–H groups in total. The number of likely N-dealkylation sites (N-methyl/N-ethyl adjacent to an activating group) is 1. The van der Waals surface area contributed by atoms with Gasteiger partial charge in [-0.15, -0.1) is 0 Å². The van der Waals surface area contributed by atoms with E-state index in [-0.39, 0.29) is 0 Å². The summed E-state index contributed by atoms with van der Waals surface area (Å²) < 4.78 is 39.3. The third kappa shape index (κ3) is 5.06. The first-order valence-corrected chi connectivity index (χ1v) is 5.50. The highest BCUT2D eigenvalue weighted by molar-refractivity contribution is 5.76. The number of alkyl halides is 3. The van der Waals surface area contributed by atoms with Crippen LogP contribution >= 0.6 is 0 Å². The Morgan fingerprint density at radius 3 is 1.89 bits per heavy atom.